The number of likely N-dealkylation sites (tertiary alicyclic amines) is 1. The van der Waals surface area contributed by atoms with Gasteiger partial charge >= 0.3 is 0 Å². The van der Waals surface area contributed by atoms with E-state index >= 15 is 0 Å². The van der Waals surface area contributed by atoms with Gasteiger partial charge in [-0.05, 0) is 35.6 Å². The molecule has 2 aromatic carbocycles. The summed E-state index contributed by atoms with van der Waals surface area (Å²) in [4.78, 5) is 25.6. The zero-order chi connectivity index (χ0) is 23.6. The molecule has 1 heterocycles. The van der Waals surface area contributed by atoms with Crippen LogP contribution in [0.5, 0.6) is 5.75 Å². The van der Waals surface area contributed by atoms with Crippen molar-refractivity contribution in [2.75, 3.05) is 26.9 Å². The minimum atomic E-state index is -0.352. The predicted molar refractivity (Wildman–Crippen MR) is 127 cm³/mol. The number of methoxy groups -OCH3 is 1. The van der Waals surface area contributed by atoms with Crippen LogP contribution >= 0.6 is 0 Å². The van der Waals surface area contributed by atoms with Crippen molar-refractivity contribution >= 4 is 17.8 Å². The highest BCUT2D eigenvalue weighted by atomic mass is 16.5. The average Bonchev–Trinajstić information content (AvgIpc) is 3.20. The first kappa shape index (κ1) is 24.3. The highest BCUT2D eigenvalue weighted by Crippen LogP contribution is 2.32. The molecule has 4 N–H and O–H groups in total. The van der Waals surface area contributed by atoms with E-state index in [1.54, 1.807) is 7.11 Å². The lowest BCUT2D eigenvalue weighted by molar-refractivity contribution is -0.128. The molecule has 8 nitrogen and oxygen atoms in total. The molecule has 1 aliphatic rings. The van der Waals surface area contributed by atoms with Crippen LogP contribution in [0.4, 0.5) is 0 Å². The predicted octanol–water partition coefficient (Wildman–Crippen LogP) is 2.83. The number of hydrogen-bond acceptors (Lipinski definition) is 5. The Morgan fingerprint density at radius 1 is 1.15 bits per heavy atom. The Morgan fingerprint density at radius 2 is 1.91 bits per heavy atom. The van der Waals surface area contributed by atoms with Crippen molar-refractivity contribution in [1.82, 2.24) is 10.2 Å². The van der Waals surface area contributed by atoms with E-state index in [0.29, 0.717) is 32.6 Å². The maximum atomic E-state index is 11.9. The number of ether oxygens (including phenoxy) is 2. The SMILES string of the molecule is COCCCOc1cc(CCC(=O)NC(=N)N)ccc1-c1ccc(CN2CCCC2=O)cc1. The fourth-order valence-corrected chi connectivity index (χ4v) is 3.82. The molecular formula is C25H32N4O4. The molecule has 1 aliphatic heterocycles. The van der Waals surface area contributed by atoms with E-state index in [0.717, 1.165) is 47.4 Å². The zero-order valence-electron chi connectivity index (χ0n) is 19.1. The first-order valence-corrected chi connectivity index (χ1v) is 11.2. The van der Waals surface area contributed by atoms with Gasteiger partial charge in [0, 0.05) is 51.6 Å². The van der Waals surface area contributed by atoms with Crippen LogP contribution in [0, 0.1) is 5.41 Å². The van der Waals surface area contributed by atoms with Crippen LogP contribution in [0.3, 0.4) is 0 Å². The van der Waals surface area contributed by atoms with Crippen LogP contribution in [0.15, 0.2) is 42.5 Å². The van der Waals surface area contributed by atoms with Crippen molar-refractivity contribution in [1.29, 1.82) is 5.41 Å². The van der Waals surface area contributed by atoms with Gasteiger partial charge in [0.15, 0.2) is 5.96 Å². The molecule has 176 valence electrons. The number of nitrogens with zero attached hydrogens (tertiary/aromatic N) is 1. The molecule has 8 heteroatoms. The van der Waals surface area contributed by atoms with Crippen LogP contribution in [0.1, 0.15) is 36.8 Å². The molecule has 0 aromatic heterocycles. The second-order valence-electron chi connectivity index (χ2n) is 8.10. The first-order chi connectivity index (χ1) is 16.0. The van der Waals surface area contributed by atoms with Gasteiger partial charge in [-0.15, -0.1) is 0 Å². The summed E-state index contributed by atoms with van der Waals surface area (Å²) in [7, 11) is 1.66. The highest BCUT2D eigenvalue weighted by molar-refractivity contribution is 5.94. The van der Waals surface area contributed by atoms with Crippen LogP contribution in [0.25, 0.3) is 11.1 Å². The summed E-state index contributed by atoms with van der Waals surface area (Å²) in [6, 6.07) is 14.1. The molecule has 1 fully saturated rings. The molecule has 0 radical (unpaired) electrons. The normalized spacial score (nSPS) is 13.2. The van der Waals surface area contributed by atoms with Crippen LogP contribution in [-0.2, 0) is 27.3 Å². The van der Waals surface area contributed by atoms with Crippen molar-refractivity contribution in [2.45, 2.75) is 38.6 Å². The van der Waals surface area contributed by atoms with E-state index < -0.39 is 0 Å². The van der Waals surface area contributed by atoms with Gasteiger partial charge in [-0.25, -0.2) is 0 Å². The highest BCUT2D eigenvalue weighted by Gasteiger charge is 2.20. The Kier molecular flexibility index (Phi) is 8.83. The fraction of sp³-hybridized carbons (Fsp3) is 0.400. The molecule has 3 rings (SSSR count). The molecule has 0 spiro atoms. The van der Waals surface area contributed by atoms with Crippen LogP contribution < -0.4 is 15.8 Å². The van der Waals surface area contributed by atoms with Gasteiger partial charge in [0.2, 0.25) is 11.8 Å². The second kappa shape index (κ2) is 12.0. The average molecular weight is 453 g/mol. The van der Waals surface area contributed by atoms with Crippen molar-refractivity contribution in [3.63, 3.8) is 0 Å². The summed E-state index contributed by atoms with van der Waals surface area (Å²) in [5, 5.41) is 9.46. The third kappa shape index (κ3) is 7.32. The molecule has 0 bridgehead atoms. The molecule has 0 aliphatic carbocycles. The van der Waals surface area contributed by atoms with Gasteiger partial charge in [-0.2, -0.15) is 0 Å². The largest absolute Gasteiger partial charge is 0.493 e. The lowest BCUT2D eigenvalue weighted by Crippen LogP contribution is -2.35. The zero-order valence-corrected chi connectivity index (χ0v) is 19.1. The smallest absolute Gasteiger partial charge is 0.226 e. The number of rotatable bonds is 11. The van der Waals surface area contributed by atoms with E-state index in [1.165, 1.54) is 0 Å². The molecular weight excluding hydrogens is 420 g/mol. The maximum absolute atomic E-state index is 11.9. The second-order valence-corrected chi connectivity index (χ2v) is 8.10. The number of carbonyl (C=O) groups excluding carboxylic acids is 2. The molecule has 0 unspecified atom stereocenters. The van der Waals surface area contributed by atoms with Crippen molar-refractivity contribution < 1.29 is 19.1 Å². The molecule has 33 heavy (non-hydrogen) atoms. The topological polar surface area (TPSA) is 118 Å². The molecule has 2 amide bonds. The standard InChI is InChI=1S/C25H32N4O4/c1-32-14-3-15-33-22-16-18(8-12-23(30)28-25(26)27)7-11-21(22)20-9-5-19(6-10-20)17-29-13-2-4-24(29)31/h5-7,9-11,16H,2-4,8,12-15,17H2,1H3,(H4,26,27,28,30). The number of hydrogen-bond donors (Lipinski definition) is 3. The van der Waals surface area contributed by atoms with Crippen molar-refractivity contribution in [2.24, 2.45) is 5.73 Å². The monoisotopic (exact) mass is 452 g/mol. The van der Waals surface area contributed by atoms with E-state index in [-0.39, 0.29) is 24.2 Å². The Morgan fingerprint density at radius 3 is 2.58 bits per heavy atom. The third-order valence-corrected chi connectivity index (χ3v) is 5.52. The number of nitrogens with one attached hydrogen (secondary N) is 2. The summed E-state index contributed by atoms with van der Waals surface area (Å²) >= 11 is 0. The molecule has 0 atom stereocenters. The quantitative estimate of drug-likeness (QED) is 0.275. The van der Waals surface area contributed by atoms with Crippen molar-refractivity contribution in [3.8, 4) is 16.9 Å². The molecule has 0 saturated carbocycles. The maximum Gasteiger partial charge on any atom is 0.226 e. The minimum absolute atomic E-state index is 0.221. The van der Waals surface area contributed by atoms with Gasteiger partial charge in [-0.3, -0.25) is 20.3 Å². The molecule has 1 saturated heterocycles. The Labute approximate surface area is 194 Å². The number of benzene rings is 2. The van der Waals surface area contributed by atoms with Gasteiger partial charge in [0.1, 0.15) is 5.75 Å². The van der Waals surface area contributed by atoms with E-state index in [4.69, 9.17) is 20.6 Å². The number of amides is 2. The Bertz CT molecular complexity index is 975. The summed E-state index contributed by atoms with van der Waals surface area (Å²) in [6.45, 7) is 2.60. The van der Waals surface area contributed by atoms with E-state index in [9.17, 15) is 9.59 Å². The summed E-state index contributed by atoms with van der Waals surface area (Å²) < 4.78 is 11.2. The lowest BCUT2D eigenvalue weighted by atomic mass is 9.99. The van der Waals surface area contributed by atoms with E-state index in [1.807, 2.05) is 35.2 Å². The van der Waals surface area contributed by atoms with E-state index in [2.05, 4.69) is 17.4 Å². The summed E-state index contributed by atoms with van der Waals surface area (Å²) in [6.07, 6.45) is 3.08. The lowest BCUT2D eigenvalue weighted by Gasteiger charge is -2.17. The molecule has 2 aromatic rings. The number of aryl methyl sites for hydroxylation is 1. The van der Waals surface area contributed by atoms with Crippen LogP contribution in [-0.4, -0.2) is 49.5 Å². The van der Waals surface area contributed by atoms with Gasteiger partial charge in [-0.1, -0.05) is 36.4 Å². The number of nitrogens with two attached hydrogens (primary N) is 1. The summed E-state index contributed by atoms with van der Waals surface area (Å²) in [5.74, 6) is 0.327. The Hall–Kier alpha value is -3.39. The van der Waals surface area contributed by atoms with Crippen LogP contribution in [0.2, 0.25) is 0 Å². The third-order valence-electron chi connectivity index (χ3n) is 5.52. The fourth-order valence-electron chi connectivity index (χ4n) is 3.82. The van der Waals surface area contributed by atoms with Gasteiger partial charge in [0.05, 0.1) is 6.61 Å². The van der Waals surface area contributed by atoms with Crippen molar-refractivity contribution in [3.05, 3.63) is 53.6 Å². The number of guanidine groups is 1. The summed E-state index contributed by atoms with van der Waals surface area (Å²) in [5.41, 5.74) is 9.27. The Balaban J connectivity index is 1.73. The van der Waals surface area contributed by atoms with Gasteiger partial charge < -0.3 is 20.1 Å². The first-order valence-electron chi connectivity index (χ1n) is 11.2. The number of carbonyl (C=O) groups is 2. The van der Waals surface area contributed by atoms with Gasteiger partial charge in [0.25, 0.3) is 0 Å². The minimum Gasteiger partial charge on any atom is -0.493 e.